The first-order chi connectivity index (χ1) is 8.79. The highest BCUT2D eigenvalue weighted by Crippen LogP contribution is 2.25. The fourth-order valence-corrected chi connectivity index (χ4v) is 1.93. The quantitative estimate of drug-likeness (QED) is 0.783. The summed E-state index contributed by atoms with van der Waals surface area (Å²) in [6.07, 6.45) is 1.17. The average Bonchev–Trinajstić information content (AvgIpc) is 2.29. The largest absolute Gasteiger partial charge is 0.492 e. The van der Waals surface area contributed by atoms with Crippen molar-refractivity contribution in [1.29, 1.82) is 0 Å². The Morgan fingerprint density at radius 1 is 1.11 bits per heavy atom. The molecule has 0 spiro atoms. The van der Waals surface area contributed by atoms with Crippen molar-refractivity contribution in [3.05, 3.63) is 28.3 Å². The summed E-state index contributed by atoms with van der Waals surface area (Å²) in [6.45, 7) is 13.4. The normalized spacial score (nSPS) is 11.7. The van der Waals surface area contributed by atoms with E-state index in [2.05, 4.69) is 26.1 Å². The summed E-state index contributed by atoms with van der Waals surface area (Å²) < 4.78 is 5.73. The van der Waals surface area contributed by atoms with Crippen LogP contribution >= 0.6 is 11.6 Å². The van der Waals surface area contributed by atoms with Crippen LogP contribution in [0.25, 0.3) is 0 Å². The van der Waals surface area contributed by atoms with Gasteiger partial charge < -0.3 is 10.1 Å². The molecule has 1 aromatic carbocycles. The molecule has 0 aliphatic rings. The van der Waals surface area contributed by atoms with Gasteiger partial charge in [-0.2, -0.15) is 0 Å². The van der Waals surface area contributed by atoms with E-state index in [9.17, 15) is 0 Å². The maximum atomic E-state index is 6.13. The maximum absolute atomic E-state index is 6.13. The first kappa shape index (κ1) is 16.3. The Morgan fingerprint density at radius 2 is 1.68 bits per heavy atom. The third kappa shape index (κ3) is 6.31. The van der Waals surface area contributed by atoms with Gasteiger partial charge >= 0.3 is 0 Å². The summed E-state index contributed by atoms with van der Waals surface area (Å²) in [6, 6.07) is 3.98. The zero-order valence-corrected chi connectivity index (χ0v) is 13.5. The van der Waals surface area contributed by atoms with E-state index in [1.807, 2.05) is 26.0 Å². The van der Waals surface area contributed by atoms with Gasteiger partial charge in [0, 0.05) is 11.6 Å². The Morgan fingerprint density at radius 3 is 2.21 bits per heavy atom. The molecule has 0 bridgehead atoms. The van der Waals surface area contributed by atoms with Gasteiger partial charge in [0.2, 0.25) is 0 Å². The molecule has 0 aromatic heterocycles. The summed E-state index contributed by atoms with van der Waals surface area (Å²) in [7, 11) is 0. The average molecular weight is 284 g/mol. The lowest BCUT2D eigenvalue weighted by molar-refractivity contribution is 0.304. The van der Waals surface area contributed by atoms with E-state index >= 15 is 0 Å². The molecule has 0 heterocycles. The van der Waals surface area contributed by atoms with E-state index < -0.39 is 0 Å². The number of hydrogen-bond donors (Lipinski definition) is 1. The number of nitrogens with one attached hydrogen (secondary N) is 1. The third-order valence-electron chi connectivity index (χ3n) is 3.01. The molecule has 0 unspecified atom stereocenters. The van der Waals surface area contributed by atoms with Crippen LogP contribution in [0.3, 0.4) is 0 Å². The number of aryl methyl sites for hydroxylation is 2. The van der Waals surface area contributed by atoms with Crippen LogP contribution in [0.15, 0.2) is 12.1 Å². The molecular formula is C16H26ClNO. The predicted molar refractivity (Wildman–Crippen MR) is 83.4 cm³/mol. The Balaban J connectivity index is 2.27. The molecule has 1 rings (SSSR count). The van der Waals surface area contributed by atoms with E-state index in [-0.39, 0.29) is 0 Å². The van der Waals surface area contributed by atoms with Gasteiger partial charge in [0.1, 0.15) is 12.4 Å². The molecule has 0 saturated carbocycles. The second-order valence-corrected chi connectivity index (χ2v) is 6.66. The molecule has 1 aromatic rings. The highest BCUT2D eigenvalue weighted by molar-refractivity contribution is 6.32. The van der Waals surface area contributed by atoms with Crippen LogP contribution in [-0.2, 0) is 0 Å². The summed E-state index contributed by atoms with van der Waals surface area (Å²) >= 11 is 6.13. The molecule has 19 heavy (non-hydrogen) atoms. The number of benzene rings is 1. The zero-order valence-electron chi connectivity index (χ0n) is 12.8. The summed E-state index contributed by atoms with van der Waals surface area (Å²) in [5.74, 6) is 0.900. The van der Waals surface area contributed by atoms with Gasteiger partial charge in [0.25, 0.3) is 0 Å². The highest BCUT2D eigenvalue weighted by atomic mass is 35.5. The summed E-state index contributed by atoms with van der Waals surface area (Å²) in [4.78, 5) is 0. The van der Waals surface area contributed by atoms with Crippen molar-refractivity contribution >= 4 is 11.6 Å². The predicted octanol–water partition coefficient (Wildman–Crippen LogP) is 4.36. The van der Waals surface area contributed by atoms with E-state index in [0.717, 1.165) is 35.0 Å². The minimum absolute atomic E-state index is 0.387. The van der Waals surface area contributed by atoms with Crippen molar-refractivity contribution in [2.24, 2.45) is 5.41 Å². The van der Waals surface area contributed by atoms with Crippen molar-refractivity contribution < 1.29 is 4.74 Å². The van der Waals surface area contributed by atoms with Gasteiger partial charge in [-0.25, -0.2) is 0 Å². The molecule has 108 valence electrons. The highest BCUT2D eigenvalue weighted by Gasteiger charge is 2.08. The van der Waals surface area contributed by atoms with Gasteiger partial charge in [0.15, 0.2) is 0 Å². The van der Waals surface area contributed by atoms with Crippen LogP contribution < -0.4 is 10.1 Å². The van der Waals surface area contributed by atoms with E-state index in [1.54, 1.807) is 0 Å². The first-order valence-electron chi connectivity index (χ1n) is 6.90. The number of ether oxygens (including phenoxy) is 1. The van der Waals surface area contributed by atoms with E-state index in [1.165, 1.54) is 6.42 Å². The minimum atomic E-state index is 0.387. The van der Waals surface area contributed by atoms with Gasteiger partial charge in [-0.15, -0.1) is 0 Å². The Hall–Kier alpha value is -0.730. The fourth-order valence-electron chi connectivity index (χ4n) is 1.82. The molecule has 3 heteroatoms. The molecular weight excluding hydrogens is 258 g/mol. The third-order valence-corrected chi connectivity index (χ3v) is 3.61. The summed E-state index contributed by atoms with van der Waals surface area (Å²) in [5, 5.41) is 4.23. The molecule has 0 saturated heterocycles. The maximum Gasteiger partial charge on any atom is 0.119 e. The number of halogens is 1. The SMILES string of the molecule is Cc1cc(OCCNCCC(C)(C)C)cc(C)c1Cl. The zero-order chi connectivity index (χ0) is 14.5. The summed E-state index contributed by atoms with van der Waals surface area (Å²) in [5.41, 5.74) is 2.52. The van der Waals surface area contributed by atoms with Crippen LogP contribution in [0.4, 0.5) is 0 Å². The van der Waals surface area contributed by atoms with E-state index in [0.29, 0.717) is 12.0 Å². The van der Waals surface area contributed by atoms with Gasteiger partial charge in [-0.1, -0.05) is 32.4 Å². The van der Waals surface area contributed by atoms with Gasteiger partial charge in [-0.05, 0) is 55.5 Å². The van der Waals surface area contributed by atoms with Crippen molar-refractivity contribution in [1.82, 2.24) is 5.32 Å². The molecule has 0 amide bonds. The molecule has 0 fully saturated rings. The van der Waals surface area contributed by atoms with Crippen LogP contribution in [0.2, 0.25) is 5.02 Å². The van der Waals surface area contributed by atoms with E-state index in [4.69, 9.17) is 16.3 Å². The smallest absolute Gasteiger partial charge is 0.119 e. The van der Waals surface area contributed by atoms with Gasteiger partial charge in [0.05, 0.1) is 0 Å². The molecule has 0 aliphatic heterocycles. The Bertz CT molecular complexity index is 387. The topological polar surface area (TPSA) is 21.3 Å². The molecule has 2 nitrogen and oxygen atoms in total. The lowest BCUT2D eigenvalue weighted by Crippen LogP contribution is -2.25. The lowest BCUT2D eigenvalue weighted by atomic mass is 9.92. The van der Waals surface area contributed by atoms with Crippen molar-refractivity contribution in [3.8, 4) is 5.75 Å². The van der Waals surface area contributed by atoms with Crippen LogP contribution in [-0.4, -0.2) is 19.7 Å². The molecule has 0 aliphatic carbocycles. The van der Waals surface area contributed by atoms with Crippen LogP contribution in [0, 0.1) is 19.3 Å². The van der Waals surface area contributed by atoms with Crippen molar-refractivity contribution in [2.75, 3.05) is 19.7 Å². The van der Waals surface area contributed by atoms with Crippen molar-refractivity contribution in [2.45, 2.75) is 41.0 Å². The number of hydrogen-bond acceptors (Lipinski definition) is 2. The molecule has 0 radical (unpaired) electrons. The second-order valence-electron chi connectivity index (χ2n) is 6.28. The molecule has 1 N–H and O–H groups in total. The number of rotatable bonds is 6. The Labute approximate surface area is 122 Å². The monoisotopic (exact) mass is 283 g/mol. The molecule has 0 atom stereocenters. The fraction of sp³-hybridized carbons (Fsp3) is 0.625. The van der Waals surface area contributed by atoms with Crippen LogP contribution in [0.5, 0.6) is 5.75 Å². The van der Waals surface area contributed by atoms with Crippen molar-refractivity contribution in [3.63, 3.8) is 0 Å². The first-order valence-corrected chi connectivity index (χ1v) is 7.28. The van der Waals surface area contributed by atoms with Gasteiger partial charge in [-0.3, -0.25) is 0 Å². The standard InChI is InChI=1S/C16H26ClNO/c1-12-10-14(11-13(2)15(12)17)19-9-8-18-7-6-16(3,4)5/h10-11,18H,6-9H2,1-5H3. The van der Waals surface area contributed by atoms with Crippen LogP contribution in [0.1, 0.15) is 38.3 Å². The Kier molecular flexibility index (Phi) is 6.15. The minimum Gasteiger partial charge on any atom is -0.492 e. The second kappa shape index (κ2) is 7.16. The lowest BCUT2D eigenvalue weighted by Gasteiger charge is -2.18.